The maximum atomic E-state index is 11.9. The Labute approximate surface area is 152 Å². The van der Waals surface area contributed by atoms with Crippen molar-refractivity contribution < 1.29 is 14.3 Å². The molecule has 0 saturated heterocycles. The molecule has 0 spiro atoms. The lowest BCUT2D eigenvalue weighted by atomic mass is 10.1. The fraction of sp³-hybridized carbons (Fsp3) is 0.619. The van der Waals surface area contributed by atoms with Crippen LogP contribution < -0.4 is 5.73 Å². The van der Waals surface area contributed by atoms with Gasteiger partial charge in [0.1, 0.15) is 6.04 Å². The van der Waals surface area contributed by atoms with E-state index >= 15 is 0 Å². The van der Waals surface area contributed by atoms with Crippen LogP contribution in [0.3, 0.4) is 0 Å². The molecule has 4 heteroatoms. The van der Waals surface area contributed by atoms with Crippen LogP contribution >= 0.6 is 0 Å². The number of hydrogen-bond donors (Lipinski definition) is 1. The van der Waals surface area contributed by atoms with Crippen LogP contribution in [0.4, 0.5) is 0 Å². The maximum absolute atomic E-state index is 11.9. The first-order valence-electron chi connectivity index (χ1n) is 9.67. The molecule has 0 bridgehead atoms. The monoisotopic (exact) mass is 347 g/mol. The topological polar surface area (TPSA) is 69.4 Å². The summed E-state index contributed by atoms with van der Waals surface area (Å²) < 4.78 is 4.85. The Bertz CT molecular complexity index is 487. The third-order valence-corrected chi connectivity index (χ3v) is 4.30. The van der Waals surface area contributed by atoms with Crippen molar-refractivity contribution in [3.8, 4) is 0 Å². The van der Waals surface area contributed by atoms with Crippen molar-refractivity contribution in [2.45, 2.75) is 83.6 Å². The van der Waals surface area contributed by atoms with E-state index in [1.807, 2.05) is 30.3 Å². The first-order chi connectivity index (χ1) is 12.1. The van der Waals surface area contributed by atoms with Crippen molar-refractivity contribution in [3.05, 3.63) is 35.9 Å². The third kappa shape index (κ3) is 10.7. The van der Waals surface area contributed by atoms with Crippen molar-refractivity contribution in [1.29, 1.82) is 0 Å². The summed E-state index contributed by atoms with van der Waals surface area (Å²) in [6, 6.07) is 8.69. The lowest BCUT2D eigenvalue weighted by molar-refractivity contribution is -0.160. The van der Waals surface area contributed by atoms with Crippen LogP contribution in [0.1, 0.15) is 76.7 Å². The van der Waals surface area contributed by atoms with Gasteiger partial charge in [-0.1, -0.05) is 88.6 Å². The molecule has 0 aliphatic rings. The number of unbranched alkanes of at least 4 members (excludes halogenated alkanes) is 8. The van der Waals surface area contributed by atoms with Gasteiger partial charge in [0, 0.05) is 6.42 Å². The molecule has 0 radical (unpaired) electrons. The Morgan fingerprint density at radius 3 is 2.08 bits per heavy atom. The summed E-state index contributed by atoms with van der Waals surface area (Å²) >= 11 is 0. The largest absolute Gasteiger partial charge is 0.392 e. The molecule has 2 N–H and O–H groups in total. The second-order valence-electron chi connectivity index (χ2n) is 6.67. The molecule has 4 nitrogen and oxygen atoms in total. The van der Waals surface area contributed by atoms with Crippen molar-refractivity contribution >= 4 is 11.9 Å². The molecule has 0 heterocycles. The van der Waals surface area contributed by atoms with Crippen molar-refractivity contribution in [2.24, 2.45) is 5.73 Å². The average Bonchev–Trinajstić information content (AvgIpc) is 2.61. The highest BCUT2D eigenvalue weighted by Crippen LogP contribution is 2.11. The zero-order valence-electron chi connectivity index (χ0n) is 15.5. The Kier molecular flexibility index (Phi) is 11.6. The molecule has 1 atom stereocenters. The van der Waals surface area contributed by atoms with Gasteiger partial charge in [0.05, 0.1) is 0 Å². The summed E-state index contributed by atoms with van der Waals surface area (Å²) in [5.74, 6) is -1.10. The quantitative estimate of drug-likeness (QED) is 0.323. The fourth-order valence-corrected chi connectivity index (χ4v) is 2.77. The van der Waals surface area contributed by atoms with Gasteiger partial charge in [0.15, 0.2) is 0 Å². The van der Waals surface area contributed by atoms with Crippen LogP contribution in [-0.4, -0.2) is 18.0 Å². The van der Waals surface area contributed by atoms with Crippen LogP contribution in [-0.2, 0) is 20.7 Å². The van der Waals surface area contributed by atoms with E-state index in [0.29, 0.717) is 12.8 Å². The molecule has 1 aromatic carbocycles. The second-order valence-corrected chi connectivity index (χ2v) is 6.67. The minimum Gasteiger partial charge on any atom is -0.392 e. The Hall–Kier alpha value is -1.68. The summed E-state index contributed by atoms with van der Waals surface area (Å²) in [6.07, 6.45) is 11.3. The van der Waals surface area contributed by atoms with Gasteiger partial charge in [-0.2, -0.15) is 0 Å². The standard InChI is InChI=1S/C21H33NO3/c1-2-3-4-5-6-7-8-9-13-16-20(23)25-21(24)19(22)17-18-14-11-10-12-15-18/h10-12,14-15,19H,2-9,13,16-17,22H2,1H3. The Morgan fingerprint density at radius 2 is 1.48 bits per heavy atom. The molecule has 1 aromatic rings. The summed E-state index contributed by atoms with van der Waals surface area (Å²) in [4.78, 5) is 23.6. The molecular formula is C21H33NO3. The van der Waals surface area contributed by atoms with E-state index in [0.717, 1.165) is 24.8 Å². The van der Waals surface area contributed by atoms with Gasteiger partial charge in [0.2, 0.25) is 0 Å². The average molecular weight is 347 g/mol. The van der Waals surface area contributed by atoms with Gasteiger partial charge in [-0.15, -0.1) is 0 Å². The minimum absolute atomic E-state index is 0.291. The number of nitrogens with two attached hydrogens (primary N) is 1. The maximum Gasteiger partial charge on any atom is 0.330 e. The molecule has 1 unspecified atom stereocenters. The zero-order valence-corrected chi connectivity index (χ0v) is 15.5. The summed E-state index contributed by atoms with van der Waals surface area (Å²) in [5.41, 5.74) is 6.77. The van der Waals surface area contributed by atoms with Gasteiger partial charge < -0.3 is 10.5 Å². The molecule has 1 rings (SSSR count). The molecule has 140 valence electrons. The van der Waals surface area contributed by atoms with E-state index in [9.17, 15) is 9.59 Å². The van der Waals surface area contributed by atoms with Gasteiger partial charge in [-0.25, -0.2) is 4.79 Å². The molecule has 0 amide bonds. The van der Waals surface area contributed by atoms with Crippen molar-refractivity contribution in [3.63, 3.8) is 0 Å². The number of carbonyl (C=O) groups is 2. The molecule has 0 saturated carbocycles. The Balaban J connectivity index is 2.06. The predicted molar refractivity (Wildman–Crippen MR) is 101 cm³/mol. The molecule has 0 aliphatic carbocycles. The van der Waals surface area contributed by atoms with Crippen LogP contribution in [0.15, 0.2) is 30.3 Å². The molecular weight excluding hydrogens is 314 g/mol. The van der Waals surface area contributed by atoms with E-state index < -0.39 is 18.0 Å². The van der Waals surface area contributed by atoms with Gasteiger partial charge in [-0.05, 0) is 18.4 Å². The Morgan fingerprint density at radius 1 is 0.920 bits per heavy atom. The predicted octanol–water partition coefficient (Wildman–Crippen LogP) is 4.55. The second kappa shape index (κ2) is 13.6. The lowest BCUT2D eigenvalue weighted by Gasteiger charge is -2.10. The van der Waals surface area contributed by atoms with Gasteiger partial charge in [0.25, 0.3) is 0 Å². The highest BCUT2D eigenvalue weighted by atomic mass is 16.6. The fourth-order valence-electron chi connectivity index (χ4n) is 2.77. The minimum atomic E-state index is -0.797. The van der Waals surface area contributed by atoms with Crippen molar-refractivity contribution in [2.75, 3.05) is 0 Å². The SMILES string of the molecule is CCCCCCCCCCCC(=O)OC(=O)C(N)Cc1ccccc1. The normalized spacial score (nSPS) is 11.9. The number of rotatable bonds is 13. The summed E-state index contributed by atoms with van der Waals surface area (Å²) in [5, 5.41) is 0. The lowest BCUT2D eigenvalue weighted by Crippen LogP contribution is -2.35. The van der Waals surface area contributed by atoms with Crippen LogP contribution in [0.5, 0.6) is 0 Å². The molecule has 0 aromatic heterocycles. The third-order valence-electron chi connectivity index (χ3n) is 4.30. The van der Waals surface area contributed by atoms with E-state index in [1.165, 1.54) is 38.5 Å². The van der Waals surface area contributed by atoms with Gasteiger partial charge in [-0.3, -0.25) is 4.79 Å². The molecule has 0 fully saturated rings. The summed E-state index contributed by atoms with van der Waals surface area (Å²) in [7, 11) is 0. The van der Waals surface area contributed by atoms with Crippen LogP contribution in [0.25, 0.3) is 0 Å². The first kappa shape index (κ1) is 21.4. The highest BCUT2D eigenvalue weighted by Gasteiger charge is 2.18. The molecule has 0 aliphatic heterocycles. The van der Waals surface area contributed by atoms with E-state index in [4.69, 9.17) is 10.5 Å². The van der Waals surface area contributed by atoms with Gasteiger partial charge >= 0.3 is 11.9 Å². The van der Waals surface area contributed by atoms with Crippen LogP contribution in [0, 0.1) is 0 Å². The number of hydrogen-bond acceptors (Lipinski definition) is 4. The van der Waals surface area contributed by atoms with E-state index in [-0.39, 0.29) is 0 Å². The highest BCUT2D eigenvalue weighted by molar-refractivity contribution is 5.88. The van der Waals surface area contributed by atoms with E-state index in [2.05, 4.69) is 6.92 Å². The smallest absolute Gasteiger partial charge is 0.330 e. The number of ether oxygens (including phenoxy) is 1. The van der Waals surface area contributed by atoms with Crippen molar-refractivity contribution in [1.82, 2.24) is 0 Å². The first-order valence-corrected chi connectivity index (χ1v) is 9.67. The van der Waals surface area contributed by atoms with E-state index in [1.54, 1.807) is 0 Å². The molecule has 25 heavy (non-hydrogen) atoms. The summed E-state index contributed by atoms with van der Waals surface area (Å²) in [6.45, 7) is 2.22. The number of esters is 2. The zero-order chi connectivity index (χ0) is 18.3. The number of benzene rings is 1. The van der Waals surface area contributed by atoms with Crippen LogP contribution in [0.2, 0.25) is 0 Å². The number of carbonyl (C=O) groups excluding carboxylic acids is 2.